The van der Waals surface area contributed by atoms with Gasteiger partial charge in [-0.3, -0.25) is 14.5 Å². The fraction of sp³-hybridized carbons (Fsp3) is 0.0870. The van der Waals surface area contributed by atoms with Crippen LogP contribution >= 0.6 is 0 Å². The fourth-order valence-electron chi connectivity index (χ4n) is 3.58. The van der Waals surface area contributed by atoms with Crippen molar-refractivity contribution in [2.45, 2.75) is 13.8 Å². The lowest BCUT2D eigenvalue weighted by atomic mass is 10.0. The van der Waals surface area contributed by atoms with Crippen LogP contribution in [0, 0.1) is 25.2 Å². The number of pyridine rings is 1. The van der Waals surface area contributed by atoms with Gasteiger partial charge in [-0.15, -0.1) is 5.10 Å². The number of carbonyl (C=O) groups is 1. The first kappa shape index (κ1) is 20.0. The van der Waals surface area contributed by atoms with Gasteiger partial charge in [0.25, 0.3) is 0 Å². The van der Waals surface area contributed by atoms with Crippen molar-refractivity contribution in [1.82, 2.24) is 34.9 Å². The molecule has 1 aromatic carbocycles. The number of aryl methyl sites for hydroxylation is 2. The lowest BCUT2D eigenvalue weighted by molar-refractivity contribution is 0.112. The highest BCUT2D eigenvalue weighted by molar-refractivity contribution is 5.88. The quantitative estimate of drug-likeness (QED) is 0.399. The third kappa shape index (κ3) is 3.57. The third-order valence-corrected chi connectivity index (χ3v) is 5.19. The van der Waals surface area contributed by atoms with Gasteiger partial charge in [-0.25, -0.2) is 9.97 Å². The van der Waals surface area contributed by atoms with E-state index in [-0.39, 0.29) is 5.69 Å². The zero-order chi connectivity index (χ0) is 22.9. The van der Waals surface area contributed by atoms with Gasteiger partial charge in [0, 0.05) is 16.9 Å². The summed E-state index contributed by atoms with van der Waals surface area (Å²) in [6.07, 6.45) is 2.39. The Morgan fingerprint density at radius 1 is 1.12 bits per heavy atom. The number of aromatic nitrogens is 7. The molecule has 33 heavy (non-hydrogen) atoms. The van der Waals surface area contributed by atoms with Gasteiger partial charge in [-0.05, 0) is 56.3 Å². The number of nitriles is 1. The van der Waals surface area contributed by atoms with E-state index in [4.69, 9.17) is 4.98 Å². The number of fused-ring (bicyclic) bond motifs is 1. The molecule has 0 saturated heterocycles. The van der Waals surface area contributed by atoms with Crippen molar-refractivity contribution in [2.24, 2.45) is 0 Å². The number of hydrogen-bond donors (Lipinski definition) is 2. The van der Waals surface area contributed by atoms with Crippen LogP contribution in [0.1, 0.15) is 27.4 Å². The Morgan fingerprint density at radius 3 is 2.76 bits per heavy atom. The monoisotopic (exact) mass is 435 g/mol. The molecule has 0 amide bonds. The second kappa shape index (κ2) is 7.97. The smallest absolute Gasteiger partial charge is 0.171 e. The van der Waals surface area contributed by atoms with Crippen molar-refractivity contribution in [2.75, 3.05) is 5.32 Å². The lowest BCUT2D eigenvalue weighted by Crippen LogP contribution is -2.01. The maximum atomic E-state index is 11.7. The lowest BCUT2D eigenvalue weighted by Gasteiger charge is -2.09. The number of aldehydes is 1. The Kier molecular flexibility index (Phi) is 4.84. The zero-order valence-corrected chi connectivity index (χ0v) is 17.7. The highest BCUT2D eigenvalue weighted by Crippen LogP contribution is 2.29. The Morgan fingerprint density at radius 2 is 2.00 bits per heavy atom. The molecule has 0 aliphatic heterocycles. The van der Waals surface area contributed by atoms with Crippen LogP contribution in [0.5, 0.6) is 0 Å². The summed E-state index contributed by atoms with van der Waals surface area (Å²) in [5.74, 6) is 1.20. The number of carbonyl (C=O) groups excluding carboxylic acids is 1. The van der Waals surface area contributed by atoms with Crippen LogP contribution < -0.4 is 5.32 Å². The van der Waals surface area contributed by atoms with E-state index in [1.165, 1.54) is 0 Å². The van der Waals surface area contributed by atoms with Crippen molar-refractivity contribution in [3.63, 3.8) is 0 Å². The summed E-state index contributed by atoms with van der Waals surface area (Å²) in [5, 5.41) is 27.6. The molecule has 0 atom stereocenters. The second-order valence-electron chi connectivity index (χ2n) is 7.41. The highest BCUT2D eigenvalue weighted by Gasteiger charge is 2.19. The molecule has 0 saturated carbocycles. The largest absolute Gasteiger partial charge is 0.339 e. The van der Waals surface area contributed by atoms with Crippen molar-refractivity contribution in [3.8, 4) is 23.1 Å². The molecule has 4 aromatic heterocycles. The van der Waals surface area contributed by atoms with Crippen molar-refractivity contribution >= 4 is 28.8 Å². The molecule has 0 aliphatic carbocycles. The van der Waals surface area contributed by atoms with Gasteiger partial charge in [0.1, 0.15) is 18.2 Å². The molecule has 5 aromatic rings. The van der Waals surface area contributed by atoms with Crippen molar-refractivity contribution in [3.05, 3.63) is 71.4 Å². The van der Waals surface area contributed by atoms with E-state index in [1.54, 1.807) is 25.4 Å². The van der Waals surface area contributed by atoms with Crippen molar-refractivity contribution < 1.29 is 4.79 Å². The summed E-state index contributed by atoms with van der Waals surface area (Å²) in [4.78, 5) is 20.9. The molecule has 2 N–H and O–H groups in total. The fourth-order valence-corrected chi connectivity index (χ4v) is 3.58. The first-order chi connectivity index (χ1) is 16.1. The molecule has 0 fully saturated rings. The van der Waals surface area contributed by atoms with Gasteiger partial charge in [-0.2, -0.15) is 15.5 Å². The van der Waals surface area contributed by atoms with Crippen LogP contribution in [-0.2, 0) is 0 Å². The highest BCUT2D eigenvalue weighted by atomic mass is 16.1. The van der Waals surface area contributed by atoms with Gasteiger partial charge in [-0.1, -0.05) is 0 Å². The number of imidazole rings is 1. The second-order valence-corrected chi connectivity index (χ2v) is 7.41. The molecule has 0 aliphatic rings. The summed E-state index contributed by atoms with van der Waals surface area (Å²) < 4.78 is 1.82. The Hall–Kier alpha value is -4.91. The third-order valence-electron chi connectivity index (χ3n) is 5.19. The summed E-state index contributed by atoms with van der Waals surface area (Å²) in [6, 6.07) is 14.9. The van der Waals surface area contributed by atoms with Crippen LogP contribution in [0.2, 0.25) is 0 Å². The van der Waals surface area contributed by atoms with Gasteiger partial charge < -0.3 is 5.32 Å². The Labute approximate surface area is 188 Å². The molecule has 160 valence electrons. The minimum absolute atomic E-state index is 0.186. The number of aromatic amines is 1. The normalized spacial score (nSPS) is 10.8. The molecular weight excluding hydrogens is 418 g/mol. The Balaban J connectivity index is 1.55. The molecule has 10 nitrogen and oxygen atoms in total. The molecule has 0 bridgehead atoms. The number of nitrogens with zero attached hydrogens (tertiary/aromatic N) is 7. The maximum absolute atomic E-state index is 11.7. The minimum Gasteiger partial charge on any atom is -0.339 e. The minimum atomic E-state index is 0.186. The predicted molar refractivity (Wildman–Crippen MR) is 121 cm³/mol. The van der Waals surface area contributed by atoms with Gasteiger partial charge in [0.15, 0.2) is 17.8 Å². The van der Waals surface area contributed by atoms with E-state index in [9.17, 15) is 10.1 Å². The van der Waals surface area contributed by atoms with Gasteiger partial charge in [0.2, 0.25) is 0 Å². The molecule has 0 radical (unpaired) electrons. The number of nitrogens with one attached hydrogen (secondary N) is 2. The number of hydrogen-bond acceptors (Lipinski definition) is 8. The standard InChI is InChI=1S/C23H17N9O/c1-13-3-7-20(31-28-13)26-16-5-6-19-17(9-16)25-12-32(19)21-8-4-15(11-33)23(27-21)22-14(2)29-30-18(22)10-24/h3-9,11-12H,1-2H3,(H,26,31)(H,29,30). The number of rotatable bonds is 5. The Bertz CT molecular complexity index is 1540. The van der Waals surface area contributed by atoms with Crippen LogP contribution in [-0.4, -0.2) is 41.2 Å². The summed E-state index contributed by atoms with van der Waals surface area (Å²) in [6.45, 7) is 3.66. The van der Waals surface area contributed by atoms with Crippen LogP contribution in [0.15, 0.2) is 48.8 Å². The number of H-pyrrole nitrogens is 1. The average Bonchev–Trinajstić information content (AvgIpc) is 3.43. The molecule has 0 spiro atoms. The summed E-state index contributed by atoms with van der Waals surface area (Å²) in [5.41, 5.74) is 5.36. The first-order valence-electron chi connectivity index (χ1n) is 10.0. The zero-order valence-electron chi connectivity index (χ0n) is 17.7. The van der Waals surface area contributed by atoms with E-state index in [2.05, 4.69) is 30.7 Å². The molecule has 10 heteroatoms. The van der Waals surface area contributed by atoms with Crippen molar-refractivity contribution in [1.29, 1.82) is 5.26 Å². The molecule has 0 unspecified atom stereocenters. The van der Waals surface area contributed by atoms with Crippen LogP contribution in [0.3, 0.4) is 0 Å². The average molecular weight is 435 g/mol. The van der Waals surface area contributed by atoms with E-state index >= 15 is 0 Å². The SMILES string of the molecule is Cc1ccc(Nc2ccc3c(c2)ncn3-c2ccc(C=O)c(-c3c(C#N)n[nH]c3C)n2)nn1. The van der Waals surface area contributed by atoms with E-state index < -0.39 is 0 Å². The van der Waals surface area contributed by atoms with Gasteiger partial charge in [0.05, 0.1) is 28.0 Å². The van der Waals surface area contributed by atoms with Gasteiger partial charge >= 0.3 is 0 Å². The molecule has 4 heterocycles. The van der Waals surface area contributed by atoms with Crippen LogP contribution in [0.4, 0.5) is 11.5 Å². The predicted octanol–water partition coefficient (Wildman–Crippen LogP) is 3.65. The van der Waals surface area contributed by atoms with E-state index in [0.29, 0.717) is 34.2 Å². The van der Waals surface area contributed by atoms with E-state index in [1.807, 2.05) is 47.9 Å². The van der Waals surface area contributed by atoms with E-state index in [0.717, 1.165) is 28.7 Å². The molecular formula is C23H17N9O. The molecule has 5 rings (SSSR count). The first-order valence-corrected chi connectivity index (χ1v) is 10.0. The topological polar surface area (TPSA) is 138 Å². The number of benzene rings is 1. The number of anilines is 2. The maximum Gasteiger partial charge on any atom is 0.171 e. The summed E-state index contributed by atoms with van der Waals surface area (Å²) >= 11 is 0. The summed E-state index contributed by atoms with van der Waals surface area (Å²) in [7, 11) is 0. The van der Waals surface area contributed by atoms with Crippen LogP contribution in [0.25, 0.3) is 28.1 Å².